The third kappa shape index (κ3) is 5.38. The van der Waals surface area contributed by atoms with Crippen molar-refractivity contribution in [1.29, 1.82) is 0 Å². The lowest BCUT2D eigenvalue weighted by Gasteiger charge is -2.31. The molecule has 0 aromatic heterocycles. The van der Waals surface area contributed by atoms with Crippen LogP contribution in [0.4, 0.5) is 4.79 Å². The van der Waals surface area contributed by atoms with Gasteiger partial charge in [-0.3, -0.25) is 0 Å². The molecule has 1 amide bonds. The maximum atomic E-state index is 11.9. The van der Waals surface area contributed by atoms with Crippen LogP contribution in [-0.4, -0.2) is 23.8 Å². The topological polar surface area (TPSA) is 58.6 Å². The molecular weight excluding hydrogens is 266 g/mol. The van der Waals surface area contributed by atoms with E-state index >= 15 is 0 Å². The molecule has 2 atom stereocenters. The van der Waals surface area contributed by atoms with Crippen molar-refractivity contribution in [2.24, 2.45) is 5.92 Å². The van der Waals surface area contributed by atoms with Crippen LogP contribution in [0.3, 0.4) is 0 Å². The molecule has 2 N–H and O–H groups in total. The van der Waals surface area contributed by atoms with Gasteiger partial charge in [0.1, 0.15) is 6.61 Å². The zero-order chi connectivity index (χ0) is 14.9. The van der Waals surface area contributed by atoms with Gasteiger partial charge in [0.15, 0.2) is 0 Å². The molecule has 1 aromatic carbocycles. The van der Waals surface area contributed by atoms with Crippen molar-refractivity contribution >= 4 is 6.09 Å². The summed E-state index contributed by atoms with van der Waals surface area (Å²) in [4.78, 5) is 11.9. The van der Waals surface area contributed by atoms with Gasteiger partial charge in [-0.1, -0.05) is 43.2 Å². The summed E-state index contributed by atoms with van der Waals surface area (Å²) >= 11 is 0. The first-order chi connectivity index (χ1) is 10.3. The first kappa shape index (κ1) is 15.8. The summed E-state index contributed by atoms with van der Waals surface area (Å²) in [6.07, 6.45) is 5.95. The van der Waals surface area contributed by atoms with Crippen molar-refractivity contribution < 1.29 is 14.6 Å². The highest BCUT2D eigenvalue weighted by Crippen LogP contribution is 2.28. The van der Waals surface area contributed by atoms with E-state index in [1.54, 1.807) is 0 Å². The van der Waals surface area contributed by atoms with Gasteiger partial charge >= 0.3 is 6.09 Å². The predicted octanol–water partition coefficient (Wildman–Crippen LogP) is 3.24. The Balaban J connectivity index is 1.77. The van der Waals surface area contributed by atoms with E-state index in [1.807, 2.05) is 30.3 Å². The quantitative estimate of drug-likeness (QED) is 0.846. The standard InChI is InChI=1S/C17H25NO3/c19-12-6-10-15-9-4-5-11-16(15)18-17(20)21-13-14-7-2-1-3-8-14/h1-3,7-8,15-16,19H,4-6,9-13H2,(H,18,20). The maximum Gasteiger partial charge on any atom is 0.407 e. The second-order valence-electron chi connectivity index (χ2n) is 5.72. The number of alkyl carbamates (subject to hydrolysis) is 1. The molecule has 0 spiro atoms. The van der Waals surface area contributed by atoms with E-state index in [1.165, 1.54) is 6.42 Å². The first-order valence-electron chi connectivity index (χ1n) is 7.87. The lowest BCUT2D eigenvalue weighted by molar-refractivity contribution is 0.124. The molecule has 116 valence electrons. The van der Waals surface area contributed by atoms with Crippen LogP contribution >= 0.6 is 0 Å². The molecule has 0 saturated heterocycles. The molecule has 1 aromatic rings. The monoisotopic (exact) mass is 291 g/mol. The molecule has 0 bridgehead atoms. The summed E-state index contributed by atoms with van der Waals surface area (Å²) in [6, 6.07) is 9.88. The molecule has 4 heteroatoms. The molecule has 21 heavy (non-hydrogen) atoms. The van der Waals surface area contributed by atoms with E-state index in [9.17, 15) is 4.79 Å². The molecule has 2 unspecified atom stereocenters. The van der Waals surface area contributed by atoms with E-state index in [0.717, 1.165) is 37.7 Å². The molecule has 0 aliphatic heterocycles. The minimum atomic E-state index is -0.334. The van der Waals surface area contributed by atoms with Crippen LogP contribution in [0.2, 0.25) is 0 Å². The van der Waals surface area contributed by atoms with Gasteiger partial charge < -0.3 is 15.2 Å². The number of carbonyl (C=O) groups excluding carboxylic acids is 1. The second-order valence-corrected chi connectivity index (χ2v) is 5.72. The number of aliphatic hydroxyl groups excluding tert-OH is 1. The summed E-state index contributed by atoms with van der Waals surface area (Å²) in [7, 11) is 0. The van der Waals surface area contributed by atoms with Crippen LogP contribution in [0.25, 0.3) is 0 Å². The average molecular weight is 291 g/mol. The third-order valence-corrected chi connectivity index (χ3v) is 4.16. The van der Waals surface area contributed by atoms with Gasteiger partial charge in [0.25, 0.3) is 0 Å². The van der Waals surface area contributed by atoms with Gasteiger partial charge in [0, 0.05) is 12.6 Å². The molecule has 1 aliphatic carbocycles. The van der Waals surface area contributed by atoms with Gasteiger partial charge in [-0.2, -0.15) is 0 Å². The van der Waals surface area contributed by atoms with Crippen LogP contribution < -0.4 is 5.32 Å². The van der Waals surface area contributed by atoms with Gasteiger partial charge in [-0.15, -0.1) is 0 Å². The van der Waals surface area contributed by atoms with Gasteiger partial charge in [-0.25, -0.2) is 4.79 Å². The Labute approximate surface area is 126 Å². The normalized spacial score (nSPS) is 21.8. The van der Waals surface area contributed by atoms with Crippen LogP contribution in [0, 0.1) is 5.92 Å². The maximum absolute atomic E-state index is 11.9. The molecule has 1 fully saturated rings. The molecule has 1 saturated carbocycles. The van der Waals surface area contributed by atoms with Crippen LogP contribution in [-0.2, 0) is 11.3 Å². The van der Waals surface area contributed by atoms with E-state index < -0.39 is 0 Å². The second kappa shape index (κ2) is 8.67. The zero-order valence-corrected chi connectivity index (χ0v) is 12.5. The number of hydrogen-bond acceptors (Lipinski definition) is 3. The molecule has 1 aliphatic rings. The summed E-state index contributed by atoms with van der Waals surface area (Å²) in [5.74, 6) is 0.468. The summed E-state index contributed by atoms with van der Waals surface area (Å²) in [5.41, 5.74) is 0.994. The Bertz CT molecular complexity index is 421. The Morgan fingerprint density at radius 3 is 2.76 bits per heavy atom. The Morgan fingerprint density at radius 2 is 2.00 bits per heavy atom. The third-order valence-electron chi connectivity index (χ3n) is 4.16. The fourth-order valence-electron chi connectivity index (χ4n) is 3.01. The molecule has 0 heterocycles. The number of carbonyl (C=O) groups is 1. The molecule has 2 rings (SSSR count). The van der Waals surface area contributed by atoms with Crippen LogP contribution in [0.5, 0.6) is 0 Å². The average Bonchev–Trinajstić information content (AvgIpc) is 2.53. The lowest BCUT2D eigenvalue weighted by Crippen LogP contribution is -2.42. The number of aliphatic hydroxyl groups is 1. The fraction of sp³-hybridized carbons (Fsp3) is 0.588. The van der Waals surface area contributed by atoms with Crippen LogP contribution in [0.1, 0.15) is 44.1 Å². The van der Waals surface area contributed by atoms with E-state index in [-0.39, 0.29) is 18.7 Å². The Hall–Kier alpha value is -1.55. The fourth-order valence-corrected chi connectivity index (χ4v) is 3.01. The van der Waals surface area contributed by atoms with E-state index in [0.29, 0.717) is 12.5 Å². The molecule has 0 radical (unpaired) electrons. The van der Waals surface area contributed by atoms with E-state index in [4.69, 9.17) is 9.84 Å². The van der Waals surface area contributed by atoms with Gasteiger partial charge in [0.05, 0.1) is 0 Å². The number of ether oxygens (including phenoxy) is 1. The van der Waals surface area contributed by atoms with Crippen molar-refractivity contribution in [3.8, 4) is 0 Å². The summed E-state index contributed by atoms with van der Waals surface area (Å²) in [6.45, 7) is 0.530. The highest BCUT2D eigenvalue weighted by Gasteiger charge is 2.26. The smallest absolute Gasteiger partial charge is 0.407 e. The number of amides is 1. The lowest BCUT2D eigenvalue weighted by atomic mass is 9.82. The minimum Gasteiger partial charge on any atom is -0.445 e. The highest BCUT2D eigenvalue weighted by molar-refractivity contribution is 5.67. The van der Waals surface area contributed by atoms with Crippen molar-refractivity contribution in [3.63, 3.8) is 0 Å². The highest BCUT2D eigenvalue weighted by atomic mass is 16.5. The van der Waals surface area contributed by atoms with Crippen molar-refractivity contribution in [2.45, 2.75) is 51.2 Å². The Morgan fingerprint density at radius 1 is 1.24 bits per heavy atom. The largest absolute Gasteiger partial charge is 0.445 e. The number of hydrogen-bond donors (Lipinski definition) is 2. The van der Waals surface area contributed by atoms with Crippen molar-refractivity contribution in [1.82, 2.24) is 5.32 Å². The zero-order valence-electron chi connectivity index (χ0n) is 12.5. The molecular formula is C17H25NO3. The summed E-state index contributed by atoms with van der Waals surface area (Å²) < 4.78 is 5.28. The SMILES string of the molecule is O=C(NC1CCCCC1CCCO)OCc1ccccc1. The van der Waals surface area contributed by atoms with Crippen LogP contribution in [0.15, 0.2) is 30.3 Å². The predicted molar refractivity (Wildman–Crippen MR) is 81.8 cm³/mol. The van der Waals surface area contributed by atoms with Crippen molar-refractivity contribution in [3.05, 3.63) is 35.9 Å². The van der Waals surface area contributed by atoms with Crippen molar-refractivity contribution in [2.75, 3.05) is 6.61 Å². The van der Waals surface area contributed by atoms with Gasteiger partial charge in [-0.05, 0) is 37.2 Å². The van der Waals surface area contributed by atoms with E-state index in [2.05, 4.69) is 5.32 Å². The number of benzene rings is 1. The molecule has 4 nitrogen and oxygen atoms in total. The number of nitrogens with one attached hydrogen (secondary N) is 1. The first-order valence-corrected chi connectivity index (χ1v) is 7.87. The summed E-state index contributed by atoms with van der Waals surface area (Å²) in [5, 5.41) is 12.0. The number of rotatable bonds is 6. The Kier molecular flexibility index (Phi) is 6.54. The van der Waals surface area contributed by atoms with Gasteiger partial charge in [0.2, 0.25) is 0 Å². The minimum absolute atomic E-state index is 0.188.